The summed E-state index contributed by atoms with van der Waals surface area (Å²) in [5.41, 5.74) is 2.96. The molecule has 33 heavy (non-hydrogen) atoms. The third-order valence-electron chi connectivity index (χ3n) is 5.04. The molecule has 8 heteroatoms. The standard InChI is InChI=1S/C25H29Cl2N3O3/c1-16(2)32-15-5-13-28-14-12-18-8-10-19(11-9-18)29-25(31)22-17(3)33-30-24(22)23-20(26)6-4-7-21(23)27/h4,6-11,16,28H,5,12-15H2,1-3H3,(H,29,31). The zero-order valence-corrected chi connectivity index (χ0v) is 20.6. The van der Waals surface area contributed by atoms with E-state index in [9.17, 15) is 4.79 Å². The largest absolute Gasteiger partial charge is 0.379 e. The summed E-state index contributed by atoms with van der Waals surface area (Å²) in [4.78, 5) is 13.0. The van der Waals surface area contributed by atoms with Gasteiger partial charge in [0.1, 0.15) is 17.0 Å². The smallest absolute Gasteiger partial charge is 0.261 e. The number of nitrogens with zero attached hydrogens (tertiary/aromatic N) is 1. The van der Waals surface area contributed by atoms with E-state index in [1.807, 2.05) is 38.1 Å². The minimum Gasteiger partial charge on any atom is -0.379 e. The highest BCUT2D eigenvalue weighted by Crippen LogP contribution is 2.37. The van der Waals surface area contributed by atoms with E-state index in [1.54, 1.807) is 25.1 Å². The summed E-state index contributed by atoms with van der Waals surface area (Å²) < 4.78 is 10.8. The molecule has 0 spiro atoms. The molecule has 0 aliphatic carbocycles. The van der Waals surface area contributed by atoms with Crippen LogP contribution in [0.25, 0.3) is 11.3 Å². The molecule has 1 aromatic heterocycles. The van der Waals surface area contributed by atoms with Gasteiger partial charge >= 0.3 is 0 Å². The number of halogens is 2. The summed E-state index contributed by atoms with van der Waals surface area (Å²) in [6.07, 6.45) is 2.17. The van der Waals surface area contributed by atoms with Crippen molar-refractivity contribution in [1.82, 2.24) is 10.5 Å². The molecule has 0 radical (unpaired) electrons. The van der Waals surface area contributed by atoms with Gasteiger partial charge in [-0.3, -0.25) is 4.79 Å². The number of carbonyl (C=O) groups excluding carboxylic acids is 1. The second-order valence-corrected chi connectivity index (χ2v) is 8.80. The number of hydrogen-bond donors (Lipinski definition) is 2. The van der Waals surface area contributed by atoms with Crippen molar-refractivity contribution < 1.29 is 14.1 Å². The first-order valence-electron chi connectivity index (χ1n) is 11.0. The molecule has 0 atom stereocenters. The van der Waals surface area contributed by atoms with Crippen LogP contribution in [0.4, 0.5) is 5.69 Å². The fourth-order valence-electron chi connectivity index (χ4n) is 3.36. The Morgan fingerprint density at radius 2 is 1.79 bits per heavy atom. The van der Waals surface area contributed by atoms with E-state index >= 15 is 0 Å². The molecule has 1 amide bonds. The number of aromatic nitrogens is 1. The molecule has 3 aromatic rings. The molecule has 0 saturated heterocycles. The molecule has 1 heterocycles. The first kappa shape index (κ1) is 25.2. The second kappa shape index (κ2) is 12.2. The van der Waals surface area contributed by atoms with Crippen LogP contribution in [-0.2, 0) is 11.2 Å². The number of hydrogen-bond acceptors (Lipinski definition) is 5. The van der Waals surface area contributed by atoms with Gasteiger partial charge in [-0.05, 0) is 76.5 Å². The van der Waals surface area contributed by atoms with Crippen LogP contribution in [0.2, 0.25) is 10.0 Å². The minimum absolute atomic E-state index is 0.276. The van der Waals surface area contributed by atoms with E-state index in [0.29, 0.717) is 38.3 Å². The van der Waals surface area contributed by atoms with Gasteiger partial charge in [0.2, 0.25) is 0 Å². The summed E-state index contributed by atoms with van der Waals surface area (Å²) in [7, 11) is 0. The van der Waals surface area contributed by atoms with E-state index in [1.165, 1.54) is 5.56 Å². The maximum atomic E-state index is 13.0. The Morgan fingerprint density at radius 1 is 1.09 bits per heavy atom. The number of ether oxygens (including phenoxy) is 1. The summed E-state index contributed by atoms with van der Waals surface area (Å²) in [5.74, 6) is 0.0535. The third kappa shape index (κ3) is 7.05. The number of carbonyl (C=O) groups is 1. The SMILES string of the molecule is Cc1onc(-c2c(Cl)cccc2Cl)c1C(=O)Nc1ccc(CCNCCCOC(C)C)cc1. The second-order valence-electron chi connectivity index (χ2n) is 7.98. The number of aryl methyl sites for hydroxylation is 1. The Balaban J connectivity index is 1.57. The van der Waals surface area contributed by atoms with Gasteiger partial charge < -0.3 is 19.9 Å². The third-order valence-corrected chi connectivity index (χ3v) is 5.67. The van der Waals surface area contributed by atoms with Gasteiger partial charge in [0, 0.05) is 17.9 Å². The number of benzene rings is 2. The van der Waals surface area contributed by atoms with E-state index in [2.05, 4.69) is 15.8 Å². The van der Waals surface area contributed by atoms with Crippen molar-refractivity contribution in [3.05, 3.63) is 69.4 Å². The van der Waals surface area contributed by atoms with Crippen LogP contribution >= 0.6 is 23.2 Å². The number of anilines is 1. The van der Waals surface area contributed by atoms with Crippen LogP contribution in [0.5, 0.6) is 0 Å². The van der Waals surface area contributed by atoms with Gasteiger partial charge in [-0.15, -0.1) is 0 Å². The van der Waals surface area contributed by atoms with E-state index in [4.69, 9.17) is 32.5 Å². The maximum absolute atomic E-state index is 13.0. The number of rotatable bonds is 11. The average molecular weight is 490 g/mol. The van der Waals surface area contributed by atoms with E-state index in [0.717, 1.165) is 32.5 Å². The molecule has 0 bridgehead atoms. The lowest BCUT2D eigenvalue weighted by atomic mass is 10.1. The van der Waals surface area contributed by atoms with Crippen molar-refractivity contribution in [1.29, 1.82) is 0 Å². The van der Waals surface area contributed by atoms with Crippen LogP contribution in [-0.4, -0.2) is 36.9 Å². The van der Waals surface area contributed by atoms with Crippen LogP contribution in [0.3, 0.4) is 0 Å². The first-order valence-corrected chi connectivity index (χ1v) is 11.8. The van der Waals surface area contributed by atoms with Crippen LogP contribution in [0, 0.1) is 6.92 Å². The predicted octanol–water partition coefficient (Wildman–Crippen LogP) is 6.16. The monoisotopic (exact) mass is 489 g/mol. The lowest BCUT2D eigenvalue weighted by molar-refractivity contribution is 0.0771. The van der Waals surface area contributed by atoms with Crippen molar-refractivity contribution in [2.75, 3.05) is 25.0 Å². The summed E-state index contributed by atoms with van der Waals surface area (Å²) in [6.45, 7) is 8.35. The molecule has 2 aromatic carbocycles. The van der Waals surface area contributed by atoms with Crippen LogP contribution < -0.4 is 10.6 Å². The molecule has 0 aliphatic rings. The molecule has 176 valence electrons. The molecule has 6 nitrogen and oxygen atoms in total. The van der Waals surface area contributed by atoms with Gasteiger partial charge in [-0.2, -0.15) is 0 Å². The van der Waals surface area contributed by atoms with E-state index < -0.39 is 0 Å². The molecule has 0 saturated carbocycles. The van der Waals surface area contributed by atoms with Crippen LogP contribution in [0.15, 0.2) is 47.0 Å². The van der Waals surface area contributed by atoms with Crippen molar-refractivity contribution >= 4 is 34.8 Å². The van der Waals surface area contributed by atoms with Crippen LogP contribution in [0.1, 0.15) is 41.9 Å². The number of amides is 1. The first-order chi connectivity index (χ1) is 15.9. The Hall–Kier alpha value is -2.38. The lowest BCUT2D eigenvalue weighted by Gasteiger charge is -2.10. The minimum atomic E-state index is -0.335. The molecular formula is C25H29Cl2N3O3. The normalized spacial score (nSPS) is 11.2. The predicted molar refractivity (Wildman–Crippen MR) is 133 cm³/mol. The maximum Gasteiger partial charge on any atom is 0.261 e. The average Bonchev–Trinajstić information content (AvgIpc) is 3.15. The van der Waals surface area contributed by atoms with Gasteiger partial charge in [0.05, 0.1) is 16.1 Å². The van der Waals surface area contributed by atoms with Gasteiger partial charge in [0.25, 0.3) is 5.91 Å². The van der Waals surface area contributed by atoms with Crippen molar-refractivity contribution in [2.45, 2.75) is 39.7 Å². The molecule has 3 rings (SSSR count). The fraction of sp³-hybridized carbons (Fsp3) is 0.360. The zero-order chi connectivity index (χ0) is 23.8. The Bertz CT molecular complexity index is 1050. The quantitative estimate of drug-likeness (QED) is 0.315. The van der Waals surface area contributed by atoms with Gasteiger partial charge in [0.15, 0.2) is 0 Å². The van der Waals surface area contributed by atoms with Crippen molar-refractivity contribution in [3.63, 3.8) is 0 Å². The highest BCUT2D eigenvalue weighted by atomic mass is 35.5. The van der Waals surface area contributed by atoms with E-state index in [-0.39, 0.29) is 12.0 Å². The molecule has 2 N–H and O–H groups in total. The Kier molecular flexibility index (Phi) is 9.32. The molecule has 0 aliphatic heterocycles. The summed E-state index contributed by atoms with van der Waals surface area (Å²) in [5, 5.41) is 11.2. The highest BCUT2D eigenvalue weighted by Gasteiger charge is 2.24. The van der Waals surface area contributed by atoms with Gasteiger partial charge in [-0.1, -0.05) is 46.6 Å². The lowest BCUT2D eigenvalue weighted by Crippen LogP contribution is -2.20. The fourth-order valence-corrected chi connectivity index (χ4v) is 3.93. The van der Waals surface area contributed by atoms with Crippen molar-refractivity contribution in [3.8, 4) is 11.3 Å². The zero-order valence-electron chi connectivity index (χ0n) is 19.1. The summed E-state index contributed by atoms with van der Waals surface area (Å²) >= 11 is 12.6. The molecule has 0 fully saturated rings. The van der Waals surface area contributed by atoms with Crippen molar-refractivity contribution in [2.24, 2.45) is 0 Å². The number of nitrogens with one attached hydrogen (secondary N) is 2. The topological polar surface area (TPSA) is 76.4 Å². The molecule has 0 unspecified atom stereocenters. The van der Waals surface area contributed by atoms with Gasteiger partial charge in [-0.25, -0.2) is 0 Å². The molecular weight excluding hydrogens is 461 g/mol. The Morgan fingerprint density at radius 3 is 2.45 bits per heavy atom. The Labute approximate surface area is 204 Å². The summed E-state index contributed by atoms with van der Waals surface area (Å²) in [6, 6.07) is 12.9. The highest BCUT2D eigenvalue weighted by molar-refractivity contribution is 6.39.